The number of hydrogen-bond donors (Lipinski definition) is 2. The summed E-state index contributed by atoms with van der Waals surface area (Å²) >= 11 is 0. The minimum Gasteiger partial charge on any atom is -0.394 e. The Kier molecular flexibility index (Phi) is 7.80. The van der Waals surface area contributed by atoms with Crippen molar-refractivity contribution in [1.29, 1.82) is 5.26 Å². The zero-order valence-electron chi connectivity index (χ0n) is 17.2. The van der Waals surface area contributed by atoms with Crippen LogP contribution >= 0.6 is 0 Å². The number of carbonyl (C=O) groups is 1. The summed E-state index contributed by atoms with van der Waals surface area (Å²) in [4.78, 5) is 14.7. The van der Waals surface area contributed by atoms with Gasteiger partial charge in [-0.15, -0.1) is 0 Å². The molecule has 1 fully saturated rings. The number of ether oxygens (including phenoxy) is 2. The fraction of sp³-hybridized carbons (Fsp3) is 0.391. The monoisotopic (exact) mass is 409 g/mol. The van der Waals surface area contributed by atoms with Gasteiger partial charge in [0.2, 0.25) is 0 Å². The van der Waals surface area contributed by atoms with E-state index in [1.807, 2.05) is 24.3 Å². The molecule has 30 heavy (non-hydrogen) atoms. The lowest BCUT2D eigenvalue weighted by Crippen LogP contribution is -2.29. The lowest BCUT2D eigenvalue weighted by molar-refractivity contribution is -0.117. The lowest BCUT2D eigenvalue weighted by Gasteiger charge is -2.10. The average molecular weight is 409 g/mol. The topological polar surface area (TPSA) is 94.6 Å². The molecule has 1 aliphatic heterocycles. The van der Waals surface area contributed by atoms with E-state index < -0.39 is 5.91 Å². The summed E-state index contributed by atoms with van der Waals surface area (Å²) in [6.07, 6.45) is 0. The van der Waals surface area contributed by atoms with Crippen LogP contribution in [0.25, 0.3) is 16.3 Å². The van der Waals surface area contributed by atoms with Gasteiger partial charge in [-0.1, -0.05) is 18.2 Å². The van der Waals surface area contributed by atoms with Crippen molar-refractivity contribution in [3.8, 4) is 6.07 Å². The van der Waals surface area contributed by atoms with Gasteiger partial charge in [-0.05, 0) is 47.0 Å². The maximum absolute atomic E-state index is 12.4. The highest BCUT2D eigenvalue weighted by molar-refractivity contribution is 6.05. The molecule has 2 N–H and O–H groups in total. The van der Waals surface area contributed by atoms with E-state index in [-0.39, 0.29) is 18.8 Å². The Morgan fingerprint density at radius 3 is 2.50 bits per heavy atom. The van der Waals surface area contributed by atoms with Crippen LogP contribution in [-0.2, 0) is 14.3 Å². The third-order valence-electron chi connectivity index (χ3n) is 4.92. The maximum atomic E-state index is 12.4. The van der Waals surface area contributed by atoms with Crippen molar-refractivity contribution in [3.05, 3.63) is 47.5 Å². The van der Waals surface area contributed by atoms with Crippen molar-refractivity contribution in [2.24, 2.45) is 0 Å². The SMILES string of the molecule is C/C(=C(/C#N)C(=O)NCCOCCOCCO)c1ccc2cc(N3CC3)ccc2c1. The predicted molar refractivity (Wildman–Crippen MR) is 116 cm³/mol. The summed E-state index contributed by atoms with van der Waals surface area (Å²) in [6, 6.07) is 14.4. The summed E-state index contributed by atoms with van der Waals surface area (Å²) in [6.45, 7) is 5.65. The molecule has 7 nitrogen and oxygen atoms in total. The molecule has 0 saturated carbocycles. The fourth-order valence-electron chi connectivity index (χ4n) is 3.13. The molecule has 0 spiro atoms. The fourth-order valence-corrected chi connectivity index (χ4v) is 3.13. The minimum atomic E-state index is -0.410. The van der Waals surface area contributed by atoms with Gasteiger partial charge in [0.1, 0.15) is 11.6 Å². The Bertz CT molecular complexity index is 961. The Hall–Kier alpha value is -2.92. The quantitative estimate of drug-likeness (QED) is 0.255. The molecule has 1 aliphatic rings. The Morgan fingerprint density at radius 2 is 1.80 bits per heavy atom. The number of aliphatic hydroxyl groups is 1. The largest absolute Gasteiger partial charge is 0.394 e. The number of nitrogens with one attached hydrogen (secondary N) is 1. The molecule has 158 valence electrons. The third-order valence-corrected chi connectivity index (χ3v) is 4.92. The van der Waals surface area contributed by atoms with E-state index in [0.29, 0.717) is 31.9 Å². The highest BCUT2D eigenvalue weighted by Crippen LogP contribution is 2.28. The average Bonchev–Trinajstić information content (AvgIpc) is 3.61. The van der Waals surface area contributed by atoms with Crippen molar-refractivity contribution >= 4 is 27.9 Å². The predicted octanol–water partition coefficient (Wildman–Crippen LogP) is 2.10. The van der Waals surface area contributed by atoms with Crippen molar-refractivity contribution in [2.75, 3.05) is 57.6 Å². The number of nitrogens with zero attached hydrogens (tertiary/aromatic N) is 2. The number of benzene rings is 2. The molecule has 0 aliphatic carbocycles. The minimum absolute atomic E-state index is 0.0183. The standard InChI is InChI=1S/C23H27N3O4/c1-17(22(16-24)23(28)25-6-10-29-12-13-30-11-9-27)18-2-3-20-15-21(26-7-8-26)5-4-19(20)14-18/h2-5,14-15,27H,6-13H2,1H3,(H,25,28)/b22-17+. The second-order valence-electron chi connectivity index (χ2n) is 7.05. The van der Waals surface area contributed by atoms with Crippen molar-refractivity contribution < 1.29 is 19.4 Å². The van der Waals surface area contributed by atoms with Crippen LogP contribution in [0.15, 0.2) is 42.0 Å². The van der Waals surface area contributed by atoms with Gasteiger partial charge in [-0.25, -0.2) is 0 Å². The van der Waals surface area contributed by atoms with Crippen molar-refractivity contribution in [2.45, 2.75) is 6.92 Å². The van der Waals surface area contributed by atoms with Crippen LogP contribution in [0.2, 0.25) is 0 Å². The lowest BCUT2D eigenvalue weighted by atomic mass is 9.98. The maximum Gasteiger partial charge on any atom is 0.262 e. The van der Waals surface area contributed by atoms with Gasteiger partial charge in [-0.3, -0.25) is 4.79 Å². The van der Waals surface area contributed by atoms with E-state index in [1.165, 1.54) is 5.69 Å². The van der Waals surface area contributed by atoms with E-state index in [4.69, 9.17) is 14.6 Å². The molecule has 1 heterocycles. The summed E-state index contributed by atoms with van der Waals surface area (Å²) in [5.41, 5.74) is 2.82. The smallest absolute Gasteiger partial charge is 0.262 e. The zero-order chi connectivity index (χ0) is 21.3. The summed E-state index contributed by atoms with van der Waals surface area (Å²) < 4.78 is 10.4. The van der Waals surface area contributed by atoms with Crippen LogP contribution in [0, 0.1) is 11.3 Å². The molecule has 3 rings (SSSR count). The number of nitriles is 1. The Morgan fingerprint density at radius 1 is 1.10 bits per heavy atom. The summed E-state index contributed by atoms with van der Waals surface area (Å²) in [5.74, 6) is -0.410. The Balaban J connectivity index is 1.59. The van der Waals surface area contributed by atoms with E-state index in [0.717, 1.165) is 29.4 Å². The molecule has 1 saturated heterocycles. The number of fused-ring (bicyclic) bond motifs is 1. The van der Waals surface area contributed by atoms with Crippen LogP contribution in [0.4, 0.5) is 5.69 Å². The molecule has 0 radical (unpaired) electrons. The molecule has 2 aromatic carbocycles. The number of allylic oxidation sites excluding steroid dienone is 1. The first-order valence-electron chi connectivity index (χ1n) is 10.1. The van der Waals surface area contributed by atoms with Gasteiger partial charge >= 0.3 is 0 Å². The normalized spacial score (nSPS) is 13.7. The van der Waals surface area contributed by atoms with E-state index in [9.17, 15) is 10.1 Å². The van der Waals surface area contributed by atoms with Gasteiger partial charge in [-0.2, -0.15) is 5.26 Å². The highest BCUT2D eigenvalue weighted by Gasteiger charge is 2.18. The number of rotatable bonds is 11. The number of aliphatic hydroxyl groups excluding tert-OH is 1. The highest BCUT2D eigenvalue weighted by atomic mass is 16.5. The van der Waals surface area contributed by atoms with Crippen molar-refractivity contribution in [1.82, 2.24) is 5.32 Å². The molecule has 1 amide bonds. The van der Waals surface area contributed by atoms with Crippen molar-refractivity contribution in [3.63, 3.8) is 0 Å². The van der Waals surface area contributed by atoms with E-state index in [1.54, 1.807) is 6.92 Å². The van der Waals surface area contributed by atoms with E-state index >= 15 is 0 Å². The van der Waals surface area contributed by atoms with Crippen LogP contribution in [-0.4, -0.2) is 63.7 Å². The van der Waals surface area contributed by atoms with Gasteiger partial charge in [0.05, 0.1) is 33.0 Å². The molecular weight excluding hydrogens is 382 g/mol. The first kappa shape index (κ1) is 21.8. The van der Waals surface area contributed by atoms with Gasteiger partial charge in [0, 0.05) is 25.3 Å². The van der Waals surface area contributed by atoms with Gasteiger partial charge in [0.15, 0.2) is 0 Å². The third kappa shape index (κ3) is 5.80. The molecule has 2 aromatic rings. The zero-order valence-corrected chi connectivity index (χ0v) is 17.2. The molecular formula is C23H27N3O4. The number of amides is 1. The molecule has 0 bridgehead atoms. The van der Waals surface area contributed by atoms with E-state index in [2.05, 4.69) is 28.4 Å². The summed E-state index contributed by atoms with van der Waals surface area (Å²) in [5, 5.41) is 23.1. The van der Waals surface area contributed by atoms with Crippen LogP contribution in [0.1, 0.15) is 12.5 Å². The van der Waals surface area contributed by atoms with Gasteiger partial charge < -0.3 is 24.8 Å². The molecule has 0 aromatic heterocycles. The molecule has 0 unspecified atom stereocenters. The second-order valence-corrected chi connectivity index (χ2v) is 7.05. The number of hydrogen-bond acceptors (Lipinski definition) is 6. The van der Waals surface area contributed by atoms with Crippen LogP contribution < -0.4 is 10.2 Å². The van der Waals surface area contributed by atoms with Crippen LogP contribution in [0.3, 0.4) is 0 Å². The second kappa shape index (κ2) is 10.7. The number of anilines is 1. The molecule has 7 heteroatoms. The van der Waals surface area contributed by atoms with Gasteiger partial charge in [0.25, 0.3) is 5.91 Å². The molecule has 0 atom stereocenters. The number of carbonyl (C=O) groups excluding carboxylic acids is 1. The first-order valence-corrected chi connectivity index (χ1v) is 10.1. The van der Waals surface area contributed by atoms with Crippen LogP contribution in [0.5, 0.6) is 0 Å². The summed E-state index contributed by atoms with van der Waals surface area (Å²) in [7, 11) is 0. The Labute approximate surface area is 176 Å². The first-order chi connectivity index (χ1) is 14.6.